The van der Waals surface area contributed by atoms with Crippen molar-refractivity contribution in [2.45, 2.75) is 6.92 Å². The van der Waals surface area contributed by atoms with Crippen LogP contribution in [0, 0.1) is 0 Å². The highest BCUT2D eigenvalue weighted by molar-refractivity contribution is 5.89. The van der Waals surface area contributed by atoms with Gasteiger partial charge in [0.15, 0.2) is 0 Å². The lowest BCUT2D eigenvalue weighted by Gasteiger charge is -2.14. The number of nitrogens with zero attached hydrogens (tertiary/aromatic N) is 1. The van der Waals surface area contributed by atoms with Gasteiger partial charge in [-0.1, -0.05) is 18.2 Å². The highest BCUT2D eigenvalue weighted by Gasteiger charge is 2.13. The summed E-state index contributed by atoms with van der Waals surface area (Å²) in [5.74, 6) is 0.360. The van der Waals surface area contributed by atoms with Crippen LogP contribution in [0.2, 0.25) is 0 Å². The number of ether oxygens (including phenoxy) is 2. The van der Waals surface area contributed by atoms with Gasteiger partial charge in [-0.25, -0.2) is 0 Å². The fourth-order valence-electron chi connectivity index (χ4n) is 2.49. The van der Waals surface area contributed by atoms with Gasteiger partial charge in [-0.15, -0.1) is 0 Å². The summed E-state index contributed by atoms with van der Waals surface area (Å²) in [7, 11) is 1.56. The first kappa shape index (κ1) is 14.8. The minimum atomic E-state index is -0.481. The third-order valence-corrected chi connectivity index (χ3v) is 3.45. The minimum Gasteiger partial charge on any atom is -0.497 e. The van der Waals surface area contributed by atoms with Crippen LogP contribution in [0.5, 0.6) is 11.5 Å². The maximum atomic E-state index is 12.5. The molecule has 2 aromatic carbocycles. The number of fused-ring (bicyclic) bond motifs is 1. The quantitative estimate of drug-likeness (QED) is 0.698. The van der Waals surface area contributed by atoms with E-state index in [9.17, 15) is 9.59 Å². The standard InChI is InChI=1S/C18H15NO4/c1-12(20)23-17-11-18(21)19(13-6-4-3-5-7-13)16-9-8-14(22-2)10-15(16)17/h3-11H,1-2H3. The molecule has 3 rings (SSSR count). The van der Waals surface area contributed by atoms with Crippen LogP contribution in [0.4, 0.5) is 0 Å². The highest BCUT2D eigenvalue weighted by Crippen LogP contribution is 2.29. The van der Waals surface area contributed by atoms with Gasteiger partial charge in [-0.05, 0) is 30.3 Å². The van der Waals surface area contributed by atoms with Gasteiger partial charge in [-0.3, -0.25) is 14.2 Å². The molecular formula is C18H15NO4. The van der Waals surface area contributed by atoms with Crippen molar-refractivity contribution in [3.8, 4) is 17.2 Å². The Balaban J connectivity index is 2.36. The van der Waals surface area contributed by atoms with Gasteiger partial charge in [0.1, 0.15) is 11.5 Å². The van der Waals surface area contributed by atoms with Crippen molar-refractivity contribution >= 4 is 16.9 Å². The van der Waals surface area contributed by atoms with Gasteiger partial charge in [0.2, 0.25) is 0 Å². The summed E-state index contributed by atoms with van der Waals surface area (Å²) in [5, 5.41) is 0.628. The molecule has 0 aliphatic rings. The molecule has 23 heavy (non-hydrogen) atoms. The molecule has 0 unspecified atom stereocenters. The zero-order valence-electron chi connectivity index (χ0n) is 12.8. The van der Waals surface area contributed by atoms with E-state index in [0.717, 1.165) is 5.69 Å². The van der Waals surface area contributed by atoms with Crippen LogP contribution in [-0.4, -0.2) is 17.6 Å². The lowest BCUT2D eigenvalue weighted by molar-refractivity contribution is -0.131. The van der Waals surface area contributed by atoms with Crippen molar-refractivity contribution < 1.29 is 14.3 Å². The average molecular weight is 309 g/mol. The molecule has 5 nitrogen and oxygen atoms in total. The number of carbonyl (C=O) groups excluding carboxylic acids is 1. The molecule has 0 spiro atoms. The normalized spacial score (nSPS) is 10.5. The van der Waals surface area contributed by atoms with Crippen LogP contribution in [0.1, 0.15) is 6.92 Å². The number of carbonyl (C=O) groups is 1. The summed E-state index contributed by atoms with van der Waals surface area (Å²) in [5.41, 5.74) is 1.10. The third kappa shape index (κ3) is 2.81. The van der Waals surface area contributed by atoms with Crippen LogP contribution >= 0.6 is 0 Å². The molecule has 3 aromatic rings. The van der Waals surface area contributed by atoms with Crippen molar-refractivity contribution in [2.75, 3.05) is 7.11 Å². The average Bonchev–Trinajstić information content (AvgIpc) is 2.55. The smallest absolute Gasteiger partial charge is 0.308 e. The van der Waals surface area contributed by atoms with E-state index in [1.807, 2.05) is 30.3 Å². The van der Waals surface area contributed by atoms with Gasteiger partial charge < -0.3 is 9.47 Å². The van der Waals surface area contributed by atoms with E-state index < -0.39 is 5.97 Å². The molecule has 1 aromatic heterocycles. The molecule has 0 bridgehead atoms. The van der Waals surface area contributed by atoms with Crippen molar-refractivity contribution in [2.24, 2.45) is 0 Å². The number of para-hydroxylation sites is 1. The summed E-state index contributed by atoms with van der Waals surface area (Å²) in [6, 6.07) is 15.9. The van der Waals surface area contributed by atoms with Crippen molar-refractivity contribution in [1.82, 2.24) is 4.57 Å². The molecule has 0 fully saturated rings. The third-order valence-electron chi connectivity index (χ3n) is 3.45. The molecule has 0 N–H and O–H groups in total. The predicted octanol–water partition coefficient (Wildman–Crippen LogP) is 2.92. The van der Waals surface area contributed by atoms with Crippen LogP contribution in [-0.2, 0) is 4.79 Å². The van der Waals surface area contributed by atoms with E-state index in [1.54, 1.807) is 29.9 Å². The Hall–Kier alpha value is -3.08. The molecule has 0 radical (unpaired) electrons. The zero-order valence-corrected chi connectivity index (χ0v) is 12.8. The number of rotatable bonds is 3. The summed E-state index contributed by atoms with van der Waals surface area (Å²) in [4.78, 5) is 23.8. The molecule has 0 amide bonds. The van der Waals surface area contributed by atoms with Crippen LogP contribution in [0.15, 0.2) is 59.4 Å². The Morgan fingerprint density at radius 2 is 1.78 bits per heavy atom. The maximum absolute atomic E-state index is 12.5. The van der Waals surface area contributed by atoms with Gasteiger partial charge in [-0.2, -0.15) is 0 Å². The van der Waals surface area contributed by atoms with Crippen LogP contribution in [0.3, 0.4) is 0 Å². The Bertz CT molecular complexity index is 929. The van der Waals surface area contributed by atoms with E-state index in [1.165, 1.54) is 13.0 Å². The molecular weight excluding hydrogens is 294 g/mol. The first-order valence-electron chi connectivity index (χ1n) is 7.08. The molecule has 0 aliphatic carbocycles. The molecule has 5 heteroatoms. The SMILES string of the molecule is COc1ccc2c(c1)c(OC(C)=O)cc(=O)n2-c1ccccc1. The zero-order chi connectivity index (χ0) is 16.4. The minimum absolute atomic E-state index is 0.226. The Kier molecular flexibility index (Phi) is 3.85. The molecule has 116 valence electrons. The monoisotopic (exact) mass is 309 g/mol. The number of hydrogen-bond acceptors (Lipinski definition) is 4. The van der Waals surface area contributed by atoms with Gasteiger partial charge in [0, 0.05) is 24.1 Å². The Labute approximate surface area is 132 Å². The van der Waals surface area contributed by atoms with Crippen molar-refractivity contribution in [3.05, 3.63) is 65.0 Å². The summed E-state index contributed by atoms with van der Waals surface area (Å²) >= 11 is 0. The van der Waals surface area contributed by atoms with E-state index in [-0.39, 0.29) is 11.3 Å². The molecule has 0 saturated carbocycles. The van der Waals surface area contributed by atoms with E-state index in [2.05, 4.69) is 0 Å². The van der Waals surface area contributed by atoms with Crippen molar-refractivity contribution in [1.29, 1.82) is 0 Å². The maximum Gasteiger partial charge on any atom is 0.308 e. The number of hydrogen-bond donors (Lipinski definition) is 0. The first-order valence-corrected chi connectivity index (χ1v) is 7.08. The number of methoxy groups -OCH3 is 1. The molecule has 0 aliphatic heterocycles. The second-order valence-corrected chi connectivity index (χ2v) is 4.99. The first-order chi connectivity index (χ1) is 11.1. The van der Waals surface area contributed by atoms with Gasteiger partial charge >= 0.3 is 5.97 Å². The lowest BCUT2D eigenvalue weighted by Crippen LogP contribution is -2.19. The number of aromatic nitrogens is 1. The molecule has 0 atom stereocenters. The van der Waals surface area contributed by atoms with E-state index >= 15 is 0 Å². The number of pyridine rings is 1. The summed E-state index contributed by atoms with van der Waals surface area (Å²) < 4.78 is 12.0. The Morgan fingerprint density at radius 1 is 1.04 bits per heavy atom. The van der Waals surface area contributed by atoms with E-state index in [4.69, 9.17) is 9.47 Å². The lowest BCUT2D eigenvalue weighted by atomic mass is 10.1. The molecule has 0 saturated heterocycles. The predicted molar refractivity (Wildman–Crippen MR) is 87.4 cm³/mol. The number of esters is 1. The fraction of sp³-hybridized carbons (Fsp3) is 0.111. The van der Waals surface area contributed by atoms with Crippen molar-refractivity contribution in [3.63, 3.8) is 0 Å². The second kappa shape index (κ2) is 5.96. The topological polar surface area (TPSA) is 57.5 Å². The van der Waals surface area contributed by atoms with E-state index in [0.29, 0.717) is 16.7 Å². The largest absolute Gasteiger partial charge is 0.497 e. The second-order valence-electron chi connectivity index (χ2n) is 4.99. The van der Waals surface area contributed by atoms with Crippen LogP contribution in [0.25, 0.3) is 16.6 Å². The van der Waals surface area contributed by atoms with Gasteiger partial charge in [0.25, 0.3) is 5.56 Å². The summed E-state index contributed by atoms with van der Waals surface area (Å²) in [6.45, 7) is 1.30. The molecule has 1 heterocycles. The van der Waals surface area contributed by atoms with Crippen LogP contribution < -0.4 is 15.0 Å². The fourth-order valence-corrected chi connectivity index (χ4v) is 2.49. The highest BCUT2D eigenvalue weighted by atomic mass is 16.5. The Morgan fingerprint density at radius 3 is 2.43 bits per heavy atom. The van der Waals surface area contributed by atoms with Gasteiger partial charge in [0.05, 0.1) is 12.6 Å². The summed E-state index contributed by atoms with van der Waals surface area (Å²) in [6.07, 6.45) is 0. The number of benzene rings is 2.